The summed E-state index contributed by atoms with van der Waals surface area (Å²) in [5, 5.41) is 0. The number of nitrogens with zero attached hydrogens (tertiary/aromatic N) is 1. The Hall–Kier alpha value is -1.78. The summed E-state index contributed by atoms with van der Waals surface area (Å²) in [4.78, 5) is 25.7. The minimum atomic E-state index is -0.498. The maximum atomic E-state index is 12.0. The lowest BCUT2D eigenvalue weighted by atomic mass is 10.2. The summed E-state index contributed by atoms with van der Waals surface area (Å²) in [5.41, 5.74) is 0.395. The first-order valence-electron chi connectivity index (χ1n) is 7.10. The molecule has 5 nitrogen and oxygen atoms in total. The lowest BCUT2D eigenvalue weighted by Gasteiger charge is -2.19. The normalized spacial score (nSPS) is 15.8. The van der Waals surface area contributed by atoms with E-state index in [2.05, 4.69) is 0 Å². The van der Waals surface area contributed by atoms with Crippen molar-refractivity contribution in [3.05, 3.63) is 23.2 Å². The summed E-state index contributed by atoms with van der Waals surface area (Å²) in [6, 6.07) is 1.63. The minimum absolute atomic E-state index is 0.113. The van der Waals surface area contributed by atoms with Gasteiger partial charge in [-0.1, -0.05) is 12.8 Å². The minimum Gasteiger partial charge on any atom is -0.466 e. The highest BCUT2D eigenvalue weighted by molar-refractivity contribution is 5.92. The zero-order valence-electron chi connectivity index (χ0n) is 12.1. The standard InChI is InChI=1S/C15H21NO4/c1-11-9-13(12(2)20-11)15(18)19-10-14(17)16-7-5-3-4-6-8-16/h9H,3-8,10H2,1-2H3. The molecule has 0 radical (unpaired) electrons. The zero-order chi connectivity index (χ0) is 14.5. The summed E-state index contributed by atoms with van der Waals surface area (Å²) in [6.45, 7) is 4.81. The molecule has 0 bridgehead atoms. The summed E-state index contributed by atoms with van der Waals surface area (Å²) < 4.78 is 10.4. The van der Waals surface area contributed by atoms with Crippen LogP contribution in [0.5, 0.6) is 0 Å². The van der Waals surface area contributed by atoms with Gasteiger partial charge >= 0.3 is 5.97 Å². The molecule has 0 N–H and O–H groups in total. The van der Waals surface area contributed by atoms with Crippen molar-refractivity contribution in [3.63, 3.8) is 0 Å². The largest absolute Gasteiger partial charge is 0.466 e. The number of esters is 1. The van der Waals surface area contributed by atoms with Gasteiger partial charge in [0.1, 0.15) is 17.1 Å². The lowest BCUT2D eigenvalue weighted by Crippen LogP contribution is -2.35. The van der Waals surface area contributed by atoms with Gasteiger partial charge in [0.05, 0.1) is 0 Å². The molecule has 1 aromatic rings. The smallest absolute Gasteiger partial charge is 0.342 e. The van der Waals surface area contributed by atoms with Crippen LogP contribution in [-0.4, -0.2) is 36.5 Å². The number of furan rings is 1. The fourth-order valence-corrected chi connectivity index (χ4v) is 2.45. The third kappa shape index (κ3) is 3.62. The summed E-state index contributed by atoms with van der Waals surface area (Å²) in [7, 11) is 0. The van der Waals surface area contributed by atoms with Gasteiger partial charge in [0.15, 0.2) is 6.61 Å². The van der Waals surface area contributed by atoms with Gasteiger partial charge in [-0.3, -0.25) is 4.79 Å². The maximum Gasteiger partial charge on any atom is 0.342 e. The fourth-order valence-electron chi connectivity index (χ4n) is 2.45. The Morgan fingerprint density at radius 1 is 1.20 bits per heavy atom. The Morgan fingerprint density at radius 2 is 1.85 bits per heavy atom. The second-order valence-electron chi connectivity index (χ2n) is 5.20. The molecule has 2 heterocycles. The molecule has 1 aromatic heterocycles. The Balaban J connectivity index is 1.86. The fraction of sp³-hybridized carbons (Fsp3) is 0.600. The molecule has 0 aliphatic carbocycles. The van der Waals surface area contributed by atoms with Crippen LogP contribution in [0.25, 0.3) is 0 Å². The number of likely N-dealkylation sites (tertiary alicyclic amines) is 1. The number of amides is 1. The zero-order valence-corrected chi connectivity index (χ0v) is 12.1. The van der Waals surface area contributed by atoms with E-state index in [9.17, 15) is 9.59 Å². The highest BCUT2D eigenvalue weighted by atomic mass is 16.5. The molecular weight excluding hydrogens is 258 g/mol. The van der Waals surface area contributed by atoms with Crippen LogP contribution in [0.15, 0.2) is 10.5 Å². The van der Waals surface area contributed by atoms with Crippen LogP contribution in [-0.2, 0) is 9.53 Å². The molecule has 1 aliphatic heterocycles. The molecule has 1 amide bonds. The van der Waals surface area contributed by atoms with Crippen LogP contribution in [0.2, 0.25) is 0 Å². The number of carbonyl (C=O) groups excluding carboxylic acids is 2. The van der Waals surface area contributed by atoms with Crippen LogP contribution in [0.1, 0.15) is 47.6 Å². The van der Waals surface area contributed by atoms with Crippen molar-refractivity contribution in [3.8, 4) is 0 Å². The number of aryl methyl sites for hydroxylation is 2. The second kappa shape index (κ2) is 6.59. The molecule has 0 unspecified atom stereocenters. The van der Waals surface area contributed by atoms with Crippen molar-refractivity contribution in [1.82, 2.24) is 4.90 Å². The van der Waals surface area contributed by atoms with Crippen molar-refractivity contribution in [2.75, 3.05) is 19.7 Å². The van der Waals surface area contributed by atoms with Crippen LogP contribution in [0, 0.1) is 13.8 Å². The molecule has 0 atom stereocenters. The number of hydrogen-bond acceptors (Lipinski definition) is 4. The average Bonchev–Trinajstić information content (AvgIpc) is 2.65. The van der Waals surface area contributed by atoms with Crippen LogP contribution in [0.4, 0.5) is 0 Å². The summed E-state index contributed by atoms with van der Waals surface area (Å²) in [6.07, 6.45) is 4.38. The molecule has 1 aliphatic rings. The first-order valence-corrected chi connectivity index (χ1v) is 7.10. The van der Waals surface area contributed by atoms with Gasteiger partial charge in [0.2, 0.25) is 0 Å². The molecule has 1 saturated heterocycles. The number of ether oxygens (including phenoxy) is 1. The summed E-state index contributed by atoms with van der Waals surface area (Å²) >= 11 is 0. The Morgan fingerprint density at radius 3 is 2.40 bits per heavy atom. The van der Waals surface area contributed by atoms with Gasteiger partial charge in [-0.05, 0) is 32.8 Å². The number of carbonyl (C=O) groups is 2. The predicted octanol–water partition coefficient (Wildman–Crippen LogP) is 2.46. The van der Waals surface area contributed by atoms with E-state index in [1.807, 2.05) is 0 Å². The first-order chi connectivity index (χ1) is 9.58. The van der Waals surface area contributed by atoms with E-state index in [-0.39, 0.29) is 12.5 Å². The van der Waals surface area contributed by atoms with E-state index in [1.54, 1.807) is 24.8 Å². The number of hydrogen-bond donors (Lipinski definition) is 0. The average molecular weight is 279 g/mol. The van der Waals surface area contributed by atoms with Crippen molar-refractivity contribution < 1.29 is 18.7 Å². The first kappa shape index (κ1) is 14.6. The highest BCUT2D eigenvalue weighted by Gasteiger charge is 2.19. The molecule has 5 heteroatoms. The Labute approximate surface area is 118 Å². The second-order valence-corrected chi connectivity index (χ2v) is 5.20. The van der Waals surface area contributed by atoms with Crippen molar-refractivity contribution >= 4 is 11.9 Å². The topological polar surface area (TPSA) is 59.8 Å². The highest BCUT2D eigenvalue weighted by Crippen LogP contribution is 2.15. The maximum absolute atomic E-state index is 12.0. The van der Waals surface area contributed by atoms with Crippen LogP contribution in [0.3, 0.4) is 0 Å². The van der Waals surface area contributed by atoms with E-state index in [0.717, 1.165) is 38.8 Å². The Kier molecular flexibility index (Phi) is 4.82. The monoisotopic (exact) mass is 279 g/mol. The van der Waals surface area contributed by atoms with Crippen LogP contribution < -0.4 is 0 Å². The van der Waals surface area contributed by atoms with E-state index in [4.69, 9.17) is 9.15 Å². The van der Waals surface area contributed by atoms with Gasteiger partial charge in [-0.15, -0.1) is 0 Å². The lowest BCUT2D eigenvalue weighted by molar-refractivity contribution is -0.134. The molecule has 1 fully saturated rings. The SMILES string of the molecule is Cc1cc(C(=O)OCC(=O)N2CCCCCC2)c(C)o1. The third-order valence-corrected chi connectivity index (χ3v) is 3.55. The van der Waals surface area contributed by atoms with E-state index in [1.165, 1.54) is 0 Å². The van der Waals surface area contributed by atoms with Gasteiger partial charge in [-0.2, -0.15) is 0 Å². The van der Waals surface area contributed by atoms with E-state index < -0.39 is 5.97 Å². The van der Waals surface area contributed by atoms with Gasteiger partial charge in [0, 0.05) is 13.1 Å². The molecule has 0 saturated carbocycles. The molecular formula is C15H21NO4. The molecule has 0 aromatic carbocycles. The molecule has 2 rings (SSSR count). The number of rotatable bonds is 3. The van der Waals surface area contributed by atoms with Crippen molar-refractivity contribution in [2.45, 2.75) is 39.5 Å². The van der Waals surface area contributed by atoms with Gasteiger partial charge < -0.3 is 14.1 Å². The van der Waals surface area contributed by atoms with Crippen molar-refractivity contribution in [1.29, 1.82) is 0 Å². The molecule has 0 spiro atoms. The van der Waals surface area contributed by atoms with E-state index >= 15 is 0 Å². The van der Waals surface area contributed by atoms with Crippen LogP contribution >= 0.6 is 0 Å². The van der Waals surface area contributed by atoms with E-state index in [0.29, 0.717) is 17.1 Å². The third-order valence-electron chi connectivity index (χ3n) is 3.55. The quantitative estimate of drug-likeness (QED) is 0.797. The Bertz CT molecular complexity index is 484. The predicted molar refractivity (Wildman–Crippen MR) is 73.5 cm³/mol. The van der Waals surface area contributed by atoms with Gasteiger partial charge in [-0.25, -0.2) is 4.79 Å². The van der Waals surface area contributed by atoms with Crippen molar-refractivity contribution in [2.24, 2.45) is 0 Å². The van der Waals surface area contributed by atoms with Gasteiger partial charge in [0.25, 0.3) is 5.91 Å². The molecule has 20 heavy (non-hydrogen) atoms. The summed E-state index contributed by atoms with van der Waals surface area (Å²) in [5.74, 6) is 0.573. The molecule has 110 valence electrons.